The van der Waals surface area contributed by atoms with Gasteiger partial charge in [0.1, 0.15) is 12.1 Å². The van der Waals surface area contributed by atoms with Crippen molar-refractivity contribution in [2.45, 2.75) is 31.6 Å². The Bertz CT molecular complexity index is 634. The molecule has 3 rings (SSSR count). The lowest BCUT2D eigenvalue weighted by molar-refractivity contribution is -0.132. The zero-order chi connectivity index (χ0) is 16.6. The molecule has 0 unspecified atom stereocenters. The number of amides is 1. The molecule has 24 heavy (non-hydrogen) atoms. The van der Waals surface area contributed by atoms with E-state index in [1.165, 1.54) is 0 Å². The van der Waals surface area contributed by atoms with Gasteiger partial charge in [-0.3, -0.25) is 4.79 Å². The molecule has 5 heteroatoms. The van der Waals surface area contributed by atoms with Gasteiger partial charge in [-0.15, -0.1) is 0 Å². The number of piperidine rings is 1. The van der Waals surface area contributed by atoms with Crippen LogP contribution in [0, 0.1) is 0 Å². The second-order valence-corrected chi connectivity index (χ2v) is 6.08. The second kappa shape index (κ2) is 8.43. The van der Waals surface area contributed by atoms with E-state index in [-0.39, 0.29) is 5.91 Å². The van der Waals surface area contributed by atoms with E-state index in [2.05, 4.69) is 9.97 Å². The third-order valence-electron chi connectivity index (χ3n) is 4.34. The standard InChI is InChI=1S/C19H23N3O2/c23-19(9-5-13-24-17-7-2-1-3-8-17)22-12-4-6-16(14-22)18-10-11-20-15-21-18/h1-3,7-8,10-11,15-16H,4-6,9,12-14H2/t16-/m1/s1. The molecule has 0 radical (unpaired) electrons. The third-order valence-corrected chi connectivity index (χ3v) is 4.34. The summed E-state index contributed by atoms with van der Waals surface area (Å²) < 4.78 is 5.65. The summed E-state index contributed by atoms with van der Waals surface area (Å²) in [5.74, 6) is 1.39. The van der Waals surface area contributed by atoms with Gasteiger partial charge in [0.15, 0.2) is 0 Å². The molecule has 1 amide bonds. The molecular formula is C19H23N3O2. The topological polar surface area (TPSA) is 55.3 Å². The summed E-state index contributed by atoms with van der Waals surface area (Å²) in [4.78, 5) is 22.7. The van der Waals surface area contributed by atoms with Gasteiger partial charge in [-0.25, -0.2) is 9.97 Å². The van der Waals surface area contributed by atoms with Crippen LogP contribution in [-0.2, 0) is 4.79 Å². The first-order valence-corrected chi connectivity index (χ1v) is 8.54. The van der Waals surface area contributed by atoms with Crippen LogP contribution in [0.5, 0.6) is 5.75 Å². The molecule has 126 valence electrons. The van der Waals surface area contributed by atoms with Crippen LogP contribution in [0.15, 0.2) is 48.9 Å². The number of carbonyl (C=O) groups excluding carboxylic acids is 1. The Morgan fingerprint density at radius 2 is 2.12 bits per heavy atom. The fraction of sp³-hybridized carbons (Fsp3) is 0.421. The molecule has 2 aromatic rings. The molecule has 1 atom stereocenters. The van der Waals surface area contributed by atoms with Crippen molar-refractivity contribution in [2.75, 3.05) is 19.7 Å². The van der Waals surface area contributed by atoms with E-state index in [1.807, 2.05) is 41.3 Å². The van der Waals surface area contributed by atoms with Crippen molar-refractivity contribution in [1.29, 1.82) is 0 Å². The maximum absolute atomic E-state index is 12.4. The molecular weight excluding hydrogens is 302 g/mol. The summed E-state index contributed by atoms with van der Waals surface area (Å²) in [5.41, 5.74) is 1.04. The quantitative estimate of drug-likeness (QED) is 0.766. The Labute approximate surface area is 142 Å². The lowest BCUT2D eigenvalue weighted by Gasteiger charge is -2.32. The van der Waals surface area contributed by atoms with Crippen LogP contribution in [0.3, 0.4) is 0 Å². The summed E-state index contributed by atoms with van der Waals surface area (Å²) in [5, 5.41) is 0. The van der Waals surface area contributed by atoms with Crippen molar-refractivity contribution < 1.29 is 9.53 Å². The minimum Gasteiger partial charge on any atom is -0.494 e. The molecule has 0 bridgehead atoms. The monoisotopic (exact) mass is 325 g/mol. The number of nitrogens with zero attached hydrogens (tertiary/aromatic N) is 3. The van der Waals surface area contributed by atoms with Gasteiger partial charge in [-0.1, -0.05) is 18.2 Å². The minimum absolute atomic E-state index is 0.213. The average molecular weight is 325 g/mol. The zero-order valence-corrected chi connectivity index (χ0v) is 13.8. The molecule has 5 nitrogen and oxygen atoms in total. The first-order chi connectivity index (χ1) is 11.8. The summed E-state index contributed by atoms with van der Waals surface area (Å²) >= 11 is 0. The van der Waals surface area contributed by atoms with E-state index in [4.69, 9.17) is 4.74 Å². The summed E-state index contributed by atoms with van der Waals surface area (Å²) in [7, 11) is 0. The van der Waals surface area contributed by atoms with E-state index in [9.17, 15) is 4.79 Å². The molecule has 1 saturated heterocycles. The number of likely N-dealkylation sites (tertiary alicyclic amines) is 1. The van der Waals surface area contributed by atoms with E-state index in [1.54, 1.807) is 12.5 Å². The molecule has 0 N–H and O–H groups in total. The fourth-order valence-electron chi connectivity index (χ4n) is 3.08. The van der Waals surface area contributed by atoms with Gasteiger partial charge in [-0.05, 0) is 37.5 Å². The fourth-order valence-corrected chi connectivity index (χ4v) is 3.08. The van der Waals surface area contributed by atoms with Gasteiger partial charge in [-0.2, -0.15) is 0 Å². The first-order valence-electron chi connectivity index (χ1n) is 8.54. The van der Waals surface area contributed by atoms with Gasteiger partial charge in [0.25, 0.3) is 0 Å². The number of hydrogen-bond acceptors (Lipinski definition) is 4. The van der Waals surface area contributed by atoms with Crippen LogP contribution >= 0.6 is 0 Å². The first kappa shape index (κ1) is 16.4. The van der Waals surface area contributed by atoms with Crippen LogP contribution < -0.4 is 4.74 Å². The Hall–Kier alpha value is -2.43. The van der Waals surface area contributed by atoms with E-state index < -0.39 is 0 Å². The third kappa shape index (κ3) is 4.54. The Morgan fingerprint density at radius 3 is 2.92 bits per heavy atom. The second-order valence-electron chi connectivity index (χ2n) is 6.08. The lowest BCUT2D eigenvalue weighted by atomic mass is 9.94. The van der Waals surface area contributed by atoms with Gasteiger partial charge in [0.2, 0.25) is 5.91 Å². The Morgan fingerprint density at radius 1 is 1.25 bits per heavy atom. The molecule has 2 heterocycles. The highest BCUT2D eigenvalue weighted by Gasteiger charge is 2.25. The molecule has 1 aliphatic heterocycles. The van der Waals surface area contributed by atoms with Crippen LogP contribution in [0.25, 0.3) is 0 Å². The highest BCUT2D eigenvalue weighted by atomic mass is 16.5. The SMILES string of the molecule is O=C(CCCOc1ccccc1)N1CCC[C@@H](c2ccncn2)C1. The van der Waals surface area contributed by atoms with Crippen molar-refractivity contribution in [3.8, 4) is 5.75 Å². The molecule has 1 fully saturated rings. The number of carbonyl (C=O) groups is 1. The van der Waals surface area contributed by atoms with E-state index in [0.717, 1.165) is 43.8 Å². The van der Waals surface area contributed by atoms with Crippen molar-refractivity contribution >= 4 is 5.91 Å². The predicted octanol–water partition coefficient (Wildman–Crippen LogP) is 3.04. The van der Waals surface area contributed by atoms with Crippen molar-refractivity contribution in [3.05, 3.63) is 54.6 Å². The van der Waals surface area contributed by atoms with E-state index in [0.29, 0.717) is 18.9 Å². The summed E-state index contributed by atoms with van der Waals surface area (Å²) in [6.07, 6.45) is 6.73. The van der Waals surface area contributed by atoms with Gasteiger partial charge >= 0.3 is 0 Å². The Kier molecular flexibility index (Phi) is 5.77. The number of ether oxygens (including phenoxy) is 1. The van der Waals surface area contributed by atoms with Gasteiger partial charge in [0.05, 0.1) is 6.61 Å². The van der Waals surface area contributed by atoms with Gasteiger partial charge in [0, 0.05) is 37.3 Å². The average Bonchev–Trinajstić information content (AvgIpc) is 2.67. The van der Waals surface area contributed by atoms with Crippen LogP contribution in [0.2, 0.25) is 0 Å². The number of hydrogen-bond donors (Lipinski definition) is 0. The normalized spacial score (nSPS) is 17.5. The molecule has 1 aliphatic rings. The predicted molar refractivity (Wildman–Crippen MR) is 91.8 cm³/mol. The maximum Gasteiger partial charge on any atom is 0.222 e. The van der Waals surface area contributed by atoms with E-state index >= 15 is 0 Å². The minimum atomic E-state index is 0.213. The zero-order valence-electron chi connectivity index (χ0n) is 13.8. The Balaban J connectivity index is 1.43. The number of para-hydroxylation sites is 1. The smallest absolute Gasteiger partial charge is 0.222 e. The molecule has 1 aromatic heterocycles. The molecule has 0 saturated carbocycles. The number of aromatic nitrogens is 2. The number of rotatable bonds is 6. The molecule has 1 aromatic carbocycles. The van der Waals surface area contributed by atoms with Crippen LogP contribution in [-0.4, -0.2) is 40.5 Å². The van der Waals surface area contributed by atoms with Crippen LogP contribution in [0.4, 0.5) is 0 Å². The maximum atomic E-state index is 12.4. The lowest BCUT2D eigenvalue weighted by Crippen LogP contribution is -2.39. The number of benzene rings is 1. The summed E-state index contributed by atoms with van der Waals surface area (Å²) in [6.45, 7) is 2.17. The van der Waals surface area contributed by atoms with Crippen molar-refractivity contribution in [3.63, 3.8) is 0 Å². The summed E-state index contributed by atoms with van der Waals surface area (Å²) in [6, 6.07) is 11.7. The highest BCUT2D eigenvalue weighted by molar-refractivity contribution is 5.76. The molecule has 0 spiro atoms. The molecule has 0 aliphatic carbocycles. The van der Waals surface area contributed by atoms with Crippen LogP contribution in [0.1, 0.15) is 37.3 Å². The highest BCUT2D eigenvalue weighted by Crippen LogP contribution is 2.25. The van der Waals surface area contributed by atoms with Crippen molar-refractivity contribution in [2.24, 2.45) is 0 Å². The largest absolute Gasteiger partial charge is 0.494 e. The van der Waals surface area contributed by atoms with Gasteiger partial charge < -0.3 is 9.64 Å². The van der Waals surface area contributed by atoms with Crippen molar-refractivity contribution in [1.82, 2.24) is 14.9 Å².